The first-order valence-corrected chi connectivity index (χ1v) is 8.84. The molecular formula is C19H20N2OS. The maximum atomic E-state index is 12.2. The third kappa shape index (κ3) is 3.77. The number of nitrogens with one attached hydrogen (secondary N) is 1. The van der Waals surface area contributed by atoms with Gasteiger partial charge in [-0.2, -0.15) is 0 Å². The molecule has 1 amide bonds. The number of carbonyl (C=O) groups is 1. The van der Waals surface area contributed by atoms with Gasteiger partial charge in [-0.1, -0.05) is 44.0 Å². The summed E-state index contributed by atoms with van der Waals surface area (Å²) in [4.78, 5) is 16.9. The Bertz CT molecular complexity index is 777. The maximum Gasteiger partial charge on any atom is 0.251 e. The molecule has 1 aromatic heterocycles. The molecule has 118 valence electrons. The zero-order chi connectivity index (χ0) is 16.1. The lowest BCUT2D eigenvalue weighted by Gasteiger charge is -2.05. The van der Waals surface area contributed by atoms with Crippen LogP contribution in [0.3, 0.4) is 0 Å². The number of hydrogen-bond donors (Lipinski definition) is 1. The summed E-state index contributed by atoms with van der Waals surface area (Å²) in [6.07, 6.45) is 3.33. The first kappa shape index (κ1) is 15.7. The number of thiazole rings is 1. The highest BCUT2D eigenvalue weighted by Gasteiger charge is 2.09. The Balaban J connectivity index is 1.78. The Hall–Kier alpha value is -2.20. The molecule has 2 aromatic carbocycles. The summed E-state index contributed by atoms with van der Waals surface area (Å²) in [5.74, 6) is -0.0101. The second-order valence-electron chi connectivity index (χ2n) is 5.53. The summed E-state index contributed by atoms with van der Waals surface area (Å²) in [6.45, 7) is 2.89. The number of aromatic nitrogens is 1. The van der Waals surface area contributed by atoms with Gasteiger partial charge in [0.25, 0.3) is 5.91 Å². The Morgan fingerprint density at radius 1 is 1.13 bits per heavy atom. The minimum Gasteiger partial charge on any atom is -0.352 e. The van der Waals surface area contributed by atoms with Crippen LogP contribution in [0.5, 0.6) is 0 Å². The first-order chi connectivity index (χ1) is 11.3. The number of benzene rings is 2. The van der Waals surface area contributed by atoms with Crippen molar-refractivity contribution in [2.75, 3.05) is 6.54 Å². The van der Waals surface area contributed by atoms with Gasteiger partial charge in [-0.3, -0.25) is 4.79 Å². The first-order valence-electron chi connectivity index (χ1n) is 8.02. The Morgan fingerprint density at radius 2 is 2.00 bits per heavy atom. The van der Waals surface area contributed by atoms with E-state index in [2.05, 4.69) is 23.3 Å². The summed E-state index contributed by atoms with van der Waals surface area (Å²) in [5.41, 5.74) is 2.69. The van der Waals surface area contributed by atoms with Gasteiger partial charge in [0, 0.05) is 17.7 Å². The average Bonchev–Trinajstić information content (AvgIpc) is 3.03. The number of carbonyl (C=O) groups excluding carboxylic acids is 1. The summed E-state index contributed by atoms with van der Waals surface area (Å²) >= 11 is 1.65. The highest BCUT2D eigenvalue weighted by molar-refractivity contribution is 7.21. The number of hydrogen-bond acceptors (Lipinski definition) is 3. The number of para-hydroxylation sites is 1. The largest absolute Gasteiger partial charge is 0.352 e. The van der Waals surface area contributed by atoms with Crippen LogP contribution in [0.2, 0.25) is 0 Å². The number of amides is 1. The van der Waals surface area contributed by atoms with Crippen molar-refractivity contribution in [3.8, 4) is 10.6 Å². The van der Waals surface area contributed by atoms with Crippen LogP contribution in [-0.2, 0) is 0 Å². The Labute approximate surface area is 140 Å². The van der Waals surface area contributed by atoms with Gasteiger partial charge in [0.15, 0.2) is 0 Å². The highest BCUT2D eigenvalue weighted by Crippen LogP contribution is 2.30. The van der Waals surface area contributed by atoms with Crippen molar-refractivity contribution in [3.63, 3.8) is 0 Å². The third-order valence-corrected chi connectivity index (χ3v) is 4.82. The second-order valence-corrected chi connectivity index (χ2v) is 6.56. The van der Waals surface area contributed by atoms with Crippen LogP contribution in [0.15, 0.2) is 48.5 Å². The fraction of sp³-hybridized carbons (Fsp3) is 0.263. The molecule has 3 aromatic rings. The van der Waals surface area contributed by atoms with E-state index >= 15 is 0 Å². The standard InChI is InChI=1S/C19H20N2OS/c1-2-3-6-12-20-18(22)14-8-7-9-15(13-14)19-21-16-10-4-5-11-17(16)23-19/h4-5,7-11,13H,2-3,6,12H2,1H3,(H,20,22). The highest BCUT2D eigenvalue weighted by atomic mass is 32.1. The van der Waals surface area contributed by atoms with Crippen LogP contribution in [0.1, 0.15) is 36.5 Å². The average molecular weight is 324 g/mol. The predicted octanol–water partition coefficient (Wildman–Crippen LogP) is 4.88. The summed E-state index contributed by atoms with van der Waals surface area (Å²) in [5, 5.41) is 3.93. The second kappa shape index (κ2) is 7.38. The summed E-state index contributed by atoms with van der Waals surface area (Å²) in [7, 11) is 0. The van der Waals surface area contributed by atoms with Gasteiger partial charge in [0.05, 0.1) is 10.2 Å². The molecule has 0 spiro atoms. The van der Waals surface area contributed by atoms with Crippen molar-refractivity contribution in [2.24, 2.45) is 0 Å². The molecule has 3 nitrogen and oxygen atoms in total. The predicted molar refractivity (Wildman–Crippen MR) is 96.9 cm³/mol. The van der Waals surface area contributed by atoms with E-state index in [4.69, 9.17) is 0 Å². The van der Waals surface area contributed by atoms with Gasteiger partial charge in [-0.25, -0.2) is 4.98 Å². The lowest BCUT2D eigenvalue weighted by Crippen LogP contribution is -2.24. The van der Waals surface area contributed by atoms with Crippen molar-refractivity contribution in [1.29, 1.82) is 0 Å². The number of rotatable bonds is 6. The SMILES string of the molecule is CCCCCNC(=O)c1cccc(-c2nc3ccccc3s2)c1. The molecule has 3 rings (SSSR count). The molecule has 0 atom stereocenters. The van der Waals surface area contributed by atoms with E-state index < -0.39 is 0 Å². The normalized spacial score (nSPS) is 10.8. The maximum absolute atomic E-state index is 12.2. The zero-order valence-corrected chi connectivity index (χ0v) is 14.0. The number of nitrogens with zero attached hydrogens (tertiary/aromatic N) is 1. The van der Waals surface area contributed by atoms with E-state index in [0.29, 0.717) is 5.56 Å². The molecule has 0 aliphatic heterocycles. The van der Waals surface area contributed by atoms with Crippen LogP contribution in [0, 0.1) is 0 Å². The van der Waals surface area contributed by atoms with Crippen LogP contribution in [0.4, 0.5) is 0 Å². The van der Waals surface area contributed by atoms with E-state index in [0.717, 1.165) is 46.6 Å². The van der Waals surface area contributed by atoms with E-state index in [9.17, 15) is 4.79 Å². The van der Waals surface area contributed by atoms with Gasteiger partial charge in [0.1, 0.15) is 5.01 Å². The molecule has 0 fully saturated rings. The quantitative estimate of drug-likeness (QED) is 0.656. The van der Waals surface area contributed by atoms with Crippen LogP contribution < -0.4 is 5.32 Å². The minimum atomic E-state index is -0.0101. The van der Waals surface area contributed by atoms with E-state index in [1.54, 1.807) is 11.3 Å². The van der Waals surface area contributed by atoms with E-state index in [-0.39, 0.29) is 5.91 Å². The molecule has 0 saturated heterocycles. The van der Waals surface area contributed by atoms with Crippen molar-refractivity contribution in [3.05, 3.63) is 54.1 Å². The van der Waals surface area contributed by atoms with Crippen LogP contribution >= 0.6 is 11.3 Å². The van der Waals surface area contributed by atoms with Crippen LogP contribution in [0.25, 0.3) is 20.8 Å². The smallest absolute Gasteiger partial charge is 0.251 e. The zero-order valence-electron chi connectivity index (χ0n) is 13.2. The third-order valence-electron chi connectivity index (χ3n) is 3.73. The molecular weight excluding hydrogens is 304 g/mol. The van der Waals surface area contributed by atoms with E-state index in [1.807, 2.05) is 42.5 Å². The molecule has 0 saturated carbocycles. The topological polar surface area (TPSA) is 42.0 Å². The number of fused-ring (bicyclic) bond motifs is 1. The van der Waals surface area contributed by atoms with Crippen molar-refractivity contribution in [1.82, 2.24) is 10.3 Å². The molecule has 23 heavy (non-hydrogen) atoms. The van der Waals surface area contributed by atoms with Gasteiger partial charge in [0.2, 0.25) is 0 Å². The Kier molecular flexibility index (Phi) is 5.03. The van der Waals surface area contributed by atoms with Crippen molar-refractivity contribution in [2.45, 2.75) is 26.2 Å². The summed E-state index contributed by atoms with van der Waals surface area (Å²) < 4.78 is 1.16. The monoisotopic (exact) mass is 324 g/mol. The molecule has 0 unspecified atom stereocenters. The molecule has 0 radical (unpaired) electrons. The van der Waals surface area contributed by atoms with Crippen molar-refractivity contribution >= 4 is 27.5 Å². The molecule has 0 bridgehead atoms. The van der Waals surface area contributed by atoms with Crippen molar-refractivity contribution < 1.29 is 4.79 Å². The lowest BCUT2D eigenvalue weighted by atomic mass is 10.1. The van der Waals surface area contributed by atoms with Gasteiger partial charge in [-0.05, 0) is 30.7 Å². The molecule has 1 heterocycles. The summed E-state index contributed by atoms with van der Waals surface area (Å²) in [6, 6.07) is 15.8. The fourth-order valence-corrected chi connectivity index (χ4v) is 3.43. The fourth-order valence-electron chi connectivity index (χ4n) is 2.47. The van der Waals surface area contributed by atoms with Crippen LogP contribution in [-0.4, -0.2) is 17.4 Å². The lowest BCUT2D eigenvalue weighted by molar-refractivity contribution is 0.0953. The molecule has 1 N–H and O–H groups in total. The molecule has 0 aliphatic rings. The number of unbranched alkanes of at least 4 members (excludes halogenated alkanes) is 2. The van der Waals surface area contributed by atoms with E-state index in [1.165, 1.54) is 0 Å². The Morgan fingerprint density at radius 3 is 2.83 bits per heavy atom. The molecule has 4 heteroatoms. The van der Waals surface area contributed by atoms with Gasteiger partial charge in [-0.15, -0.1) is 11.3 Å². The molecule has 0 aliphatic carbocycles. The minimum absolute atomic E-state index is 0.0101. The van der Waals surface area contributed by atoms with Gasteiger partial charge < -0.3 is 5.32 Å². The van der Waals surface area contributed by atoms with Gasteiger partial charge >= 0.3 is 0 Å².